The lowest BCUT2D eigenvalue weighted by Crippen LogP contribution is -2.51. The Hall–Kier alpha value is -2.98. The van der Waals surface area contributed by atoms with Crippen molar-refractivity contribution in [3.05, 3.63) is 63.7 Å². The highest BCUT2D eigenvalue weighted by atomic mass is 32.2. The molecule has 0 aliphatic carbocycles. The molecule has 0 aromatic heterocycles. The van der Waals surface area contributed by atoms with Crippen LogP contribution in [0.2, 0.25) is 0 Å². The molecule has 1 amide bonds. The van der Waals surface area contributed by atoms with Crippen molar-refractivity contribution in [3.8, 4) is 5.75 Å². The molecule has 3 rings (SSSR count). The van der Waals surface area contributed by atoms with Crippen LogP contribution in [0.3, 0.4) is 0 Å². The van der Waals surface area contributed by atoms with Crippen LogP contribution in [0.1, 0.15) is 30.9 Å². The number of nitro groups is 1. The molecule has 0 unspecified atom stereocenters. The second-order valence-electron chi connectivity index (χ2n) is 8.02. The first-order valence-corrected chi connectivity index (χ1v) is 11.8. The van der Waals surface area contributed by atoms with E-state index in [1.54, 1.807) is 4.90 Å². The van der Waals surface area contributed by atoms with Crippen LogP contribution >= 0.6 is 0 Å². The molecule has 0 radical (unpaired) electrons. The summed E-state index contributed by atoms with van der Waals surface area (Å²) in [4.78, 5) is 24.4. The molecule has 9 nitrogen and oxygen atoms in total. The van der Waals surface area contributed by atoms with Crippen LogP contribution in [0, 0.1) is 17.0 Å². The van der Waals surface area contributed by atoms with Crippen LogP contribution in [0.15, 0.2) is 47.4 Å². The summed E-state index contributed by atoms with van der Waals surface area (Å²) in [5, 5.41) is 10.8. The van der Waals surface area contributed by atoms with Gasteiger partial charge in [-0.2, -0.15) is 4.31 Å². The van der Waals surface area contributed by atoms with Crippen molar-refractivity contribution in [1.82, 2.24) is 9.21 Å². The Morgan fingerprint density at radius 2 is 1.72 bits per heavy atom. The number of non-ortho nitro benzene ring substituents is 1. The van der Waals surface area contributed by atoms with Crippen molar-refractivity contribution in [3.63, 3.8) is 0 Å². The van der Waals surface area contributed by atoms with Crippen molar-refractivity contribution >= 4 is 21.6 Å². The van der Waals surface area contributed by atoms with Gasteiger partial charge in [-0.1, -0.05) is 26.0 Å². The number of carbonyl (C=O) groups excluding carboxylic acids is 1. The van der Waals surface area contributed by atoms with Gasteiger partial charge in [0.2, 0.25) is 10.0 Å². The first-order chi connectivity index (χ1) is 15.1. The topological polar surface area (TPSA) is 110 Å². The van der Waals surface area contributed by atoms with Gasteiger partial charge in [0.05, 0.1) is 9.82 Å². The van der Waals surface area contributed by atoms with Crippen molar-refractivity contribution in [2.45, 2.75) is 31.6 Å². The summed E-state index contributed by atoms with van der Waals surface area (Å²) < 4.78 is 32.7. The van der Waals surface area contributed by atoms with Gasteiger partial charge in [-0.25, -0.2) is 8.42 Å². The lowest BCUT2D eigenvalue weighted by molar-refractivity contribution is -0.384. The monoisotopic (exact) mass is 461 g/mol. The summed E-state index contributed by atoms with van der Waals surface area (Å²) >= 11 is 0. The molecule has 1 aliphatic rings. The quantitative estimate of drug-likeness (QED) is 0.463. The molecule has 172 valence electrons. The number of sulfonamides is 1. The van der Waals surface area contributed by atoms with E-state index in [-0.39, 0.29) is 55.2 Å². The fourth-order valence-electron chi connectivity index (χ4n) is 3.54. The van der Waals surface area contributed by atoms with Crippen molar-refractivity contribution in [2.24, 2.45) is 0 Å². The normalized spacial score (nSPS) is 15.1. The number of nitro benzene ring substituents is 1. The van der Waals surface area contributed by atoms with Gasteiger partial charge >= 0.3 is 0 Å². The number of nitrogens with zero attached hydrogens (tertiary/aromatic N) is 3. The van der Waals surface area contributed by atoms with Gasteiger partial charge in [-0.05, 0) is 42.2 Å². The van der Waals surface area contributed by atoms with Crippen LogP contribution < -0.4 is 4.74 Å². The second-order valence-corrected chi connectivity index (χ2v) is 9.96. The average molecular weight is 462 g/mol. The van der Waals surface area contributed by atoms with Gasteiger partial charge in [0.25, 0.3) is 11.6 Å². The number of benzene rings is 2. The summed E-state index contributed by atoms with van der Waals surface area (Å²) in [6.07, 6.45) is 0. The highest BCUT2D eigenvalue weighted by molar-refractivity contribution is 7.89. The molecule has 2 aromatic carbocycles. The molecule has 0 atom stereocenters. The number of hydrogen-bond acceptors (Lipinski definition) is 6. The maximum atomic E-state index is 12.8. The molecule has 1 aliphatic heterocycles. The molecule has 1 saturated heterocycles. The fraction of sp³-hybridized carbons (Fsp3) is 0.409. The maximum Gasteiger partial charge on any atom is 0.269 e. The third-order valence-electron chi connectivity index (χ3n) is 5.42. The Bertz CT molecular complexity index is 1090. The lowest BCUT2D eigenvalue weighted by Gasteiger charge is -2.34. The summed E-state index contributed by atoms with van der Waals surface area (Å²) in [7, 11) is -3.79. The number of hydrogen-bond donors (Lipinski definition) is 0. The molecule has 1 heterocycles. The predicted octanol–water partition coefficient (Wildman–Crippen LogP) is 2.94. The summed E-state index contributed by atoms with van der Waals surface area (Å²) in [6, 6.07) is 10.7. The number of aryl methyl sites for hydroxylation is 1. The smallest absolute Gasteiger partial charge is 0.269 e. The molecule has 0 bridgehead atoms. The molecule has 2 aromatic rings. The van der Waals surface area contributed by atoms with E-state index in [1.165, 1.54) is 28.6 Å². The highest BCUT2D eigenvalue weighted by Gasteiger charge is 2.30. The third kappa shape index (κ3) is 5.25. The van der Waals surface area contributed by atoms with E-state index < -0.39 is 14.9 Å². The van der Waals surface area contributed by atoms with Crippen molar-refractivity contribution in [2.75, 3.05) is 32.8 Å². The second kappa shape index (κ2) is 9.66. The van der Waals surface area contributed by atoms with E-state index in [2.05, 4.69) is 13.8 Å². The zero-order valence-electron chi connectivity index (χ0n) is 18.4. The molecule has 32 heavy (non-hydrogen) atoms. The van der Waals surface area contributed by atoms with Crippen molar-refractivity contribution in [1.29, 1.82) is 0 Å². The van der Waals surface area contributed by atoms with Crippen LogP contribution in [0.25, 0.3) is 0 Å². The highest BCUT2D eigenvalue weighted by Crippen LogP contribution is 2.27. The van der Waals surface area contributed by atoms with Gasteiger partial charge in [0, 0.05) is 38.3 Å². The molecule has 10 heteroatoms. The minimum absolute atomic E-state index is 0.00753. The fourth-order valence-corrected chi connectivity index (χ4v) is 4.96. The first kappa shape index (κ1) is 23.7. The van der Waals surface area contributed by atoms with Gasteiger partial charge in [0.15, 0.2) is 6.61 Å². The Labute approximate surface area is 187 Å². The SMILES string of the molecule is Cc1ccc(C(C)C)c(OCC(=O)N2CCN(S(=O)(=O)c3ccc([N+](=O)[O-])cc3)CC2)c1. The van der Waals surface area contributed by atoms with E-state index in [1.807, 2.05) is 25.1 Å². The Morgan fingerprint density at radius 3 is 2.28 bits per heavy atom. The van der Waals surface area contributed by atoms with Gasteiger partial charge in [-0.15, -0.1) is 0 Å². The predicted molar refractivity (Wildman–Crippen MR) is 119 cm³/mol. The number of carbonyl (C=O) groups is 1. The standard InChI is InChI=1S/C22H27N3O6S/c1-16(2)20-9-4-17(3)14-21(20)31-15-22(26)23-10-12-24(13-11-23)32(29,30)19-7-5-18(6-8-19)25(27)28/h4-9,14,16H,10-13,15H2,1-3H3. The van der Waals surface area contributed by atoms with E-state index in [0.29, 0.717) is 5.75 Å². The first-order valence-electron chi connectivity index (χ1n) is 10.4. The van der Waals surface area contributed by atoms with Crippen molar-refractivity contribution < 1.29 is 22.9 Å². The molecular formula is C22H27N3O6S. The molecular weight excluding hydrogens is 434 g/mol. The van der Waals surface area contributed by atoms with E-state index in [4.69, 9.17) is 4.74 Å². The summed E-state index contributed by atoms with van der Waals surface area (Å²) in [5.74, 6) is 0.746. The van der Waals surface area contributed by atoms with Gasteiger partial charge < -0.3 is 9.64 Å². The van der Waals surface area contributed by atoms with Gasteiger partial charge in [-0.3, -0.25) is 14.9 Å². The van der Waals surface area contributed by atoms with Crippen LogP contribution in [-0.4, -0.2) is 61.2 Å². The average Bonchev–Trinajstić information content (AvgIpc) is 2.77. The Balaban J connectivity index is 1.59. The number of amides is 1. The van der Waals surface area contributed by atoms with Crippen LogP contribution in [-0.2, 0) is 14.8 Å². The number of piperazine rings is 1. The largest absolute Gasteiger partial charge is 0.483 e. The Kier molecular flexibility index (Phi) is 7.15. The molecule has 1 fully saturated rings. The third-order valence-corrected chi connectivity index (χ3v) is 7.33. The van der Waals surface area contributed by atoms with E-state index in [0.717, 1.165) is 11.1 Å². The lowest BCUT2D eigenvalue weighted by atomic mass is 10.0. The zero-order valence-corrected chi connectivity index (χ0v) is 19.2. The molecule has 0 saturated carbocycles. The minimum Gasteiger partial charge on any atom is -0.483 e. The summed E-state index contributed by atoms with van der Waals surface area (Å²) in [6.45, 7) is 6.76. The van der Waals surface area contributed by atoms with Crippen LogP contribution in [0.4, 0.5) is 5.69 Å². The zero-order chi connectivity index (χ0) is 23.5. The van der Waals surface area contributed by atoms with Crippen LogP contribution in [0.5, 0.6) is 5.75 Å². The van der Waals surface area contributed by atoms with E-state index >= 15 is 0 Å². The maximum absolute atomic E-state index is 12.8. The Morgan fingerprint density at radius 1 is 1.09 bits per heavy atom. The molecule has 0 N–H and O–H groups in total. The summed E-state index contributed by atoms with van der Waals surface area (Å²) in [5.41, 5.74) is 1.90. The van der Waals surface area contributed by atoms with E-state index in [9.17, 15) is 23.3 Å². The van der Waals surface area contributed by atoms with Gasteiger partial charge in [0.1, 0.15) is 5.75 Å². The number of rotatable bonds is 7. The minimum atomic E-state index is -3.79. The number of ether oxygens (including phenoxy) is 1. The molecule has 0 spiro atoms.